The molecule has 0 heterocycles. The Morgan fingerprint density at radius 3 is 1.52 bits per heavy atom. The second-order valence-electron chi connectivity index (χ2n) is 10.8. The Balaban J connectivity index is 2.29. The standard InChI is InChI=1S/C29H37NO/c1-28(2,3)24-18-22(19-25(27(24)31)29(4,5)6)26(20-12-10-9-11-13-20)21-14-16-23(17-15-21)30(7)8/h9-19,26,31H,1-8H3. The third-order valence-electron chi connectivity index (χ3n) is 5.96. The molecule has 0 fully saturated rings. The number of benzene rings is 3. The van der Waals surface area contributed by atoms with Crippen molar-refractivity contribution in [2.75, 3.05) is 19.0 Å². The molecule has 0 aliphatic heterocycles. The number of hydrogen-bond donors (Lipinski definition) is 1. The van der Waals surface area contributed by atoms with E-state index in [9.17, 15) is 5.11 Å². The zero-order valence-corrected chi connectivity index (χ0v) is 20.3. The topological polar surface area (TPSA) is 23.5 Å². The van der Waals surface area contributed by atoms with Gasteiger partial charge < -0.3 is 10.0 Å². The number of phenolic OH excluding ortho intramolecular Hbond substituents is 1. The Kier molecular flexibility index (Phi) is 6.23. The van der Waals surface area contributed by atoms with E-state index in [1.165, 1.54) is 22.4 Å². The van der Waals surface area contributed by atoms with Crippen LogP contribution in [-0.2, 0) is 10.8 Å². The summed E-state index contributed by atoms with van der Waals surface area (Å²) in [6, 6.07) is 23.9. The van der Waals surface area contributed by atoms with Crippen molar-refractivity contribution in [3.8, 4) is 5.75 Å². The minimum atomic E-state index is -0.157. The van der Waals surface area contributed by atoms with Gasteiger partial charge in [-0.15, -0.1) is 0 Å². The Bertz CT molecular complexity index is 984. The summed E-state index contributed by atoms with van der Waals surface area (Å²) in [6.45, 7) is 13.0. The van der Waals surface area contributed by atoms with Gasteiger partial charge in [-0.05, 0) is 50.8 Å². The first-order valence-corrected chi connectivity index (χ1v) is 11.1. The van der Waals surface area contributed by atoms with Crippen LogP contribution >= 0.6 is 0 Å². The van der Waals surface area contributed by atoms with E-state index >= 15 is 0 Å². The molecule has 164 valence electrons. The molecule has 0 aromatic heterocycles. The molecule has 0 bridgehead atoms. The lowest BCUT2D eigenvalue weighted by Crippen LogP contribution is -2.19. The molecule has 0 saturated carbocycles. The lowest BCUT2D eigenvalue weighted by atomic mass is 9.75. The Morgan fingerprint density at radius 1 is 0.645 bits per heavy atom. The van der Waals surface area contributed by atoms with Gasteiger partial charge in [-0.25, -0.2) is 0 Å². The van der Waals surface area contributed by atoms with Gasteiger partial charge in [-0.2, -0.15) is 0 Å². The number of phenols is 1. The van der Waals surface area contributed by atoms with E-state index in [1.54, 1.807) is 0 Å². The Morgan fingerprint density at radius 2 is 1.10 bits per heavy atom. The van der Waals surface area contributed by atoms with Gasteiger partial charge in [0.15, 0.2) is 0 Å². The van der Waals surface area contributed by atoms with Crippen molar-refractivity contribution < 1.29 is 5.11 Å². The quantitative estimate of drug-likeness (QED) is 0.454. The highest BCUT2D eigenvalue weighted by Crippen LogP contribution is 2.43. The summed E-state index contributed by atoms with van der Waals surface area (Å²) < 4.78 is 0. The van der Waals surface area contributed by atoms with Crippen molar-refractivity contribution >= 4 is 5.69 Å². The van der Waals surface area contributed by atoms with Crippen LogP contribution in [0.2, 0.25) is 0 Å². The second kappa shape index (κ2) is 8.42. The molecule has 3 rings (SSSR count). The van der Waals surface area contributed by atoms with E-state index in [2.05, 4.69) is 127 Å². The molecule has 2 nitrogen and oxygen atoms in total. The van der Waals surface area contributed by atoms with Gasteiger partial charge in [0.2, 0.25) is 0 Å². The van der Waals surface area contributed by atoms with Gasteiger partial charge >= 0.3 is 0 Å². The third kappa shape index (κ3) is 4.95. The maximum atomic E-state index is 11.2. The first-order chi connectivity index (χ1) is 14.4. The van der Waals surface area contributed by atoms with Crippen LogP contribution in [0.3, 0.4) is 0 Å². The summed E-state index contributed by atoms with van der Waals surface area (Å²) in [4.78, 5) is 2.12. The summed E-state index contributed by atoms with van der Waals surface area (Å²) in [5.74, 6) is 0.527. The predicted octanol–water partition coefficient (Wildman–Crippen LogP) is 7.23. The predicted molar refractivity (Wildman–Crippen MR) is 134 cm³/mol. The molecular formula is C29H37NO. The Labute approximate surface area is 188 Å². The molecule has 1 unspecified atom stereocenters. The molecule has 31 heavy (non-hydrogen) atoms. The van der Waals surface area contributed by atoms with Crippen LogP contribution in [0.15, 0.2) is 66.7 Å². The summed E-state index contributed by atoms with van der Waals surface area (Å²) in [7, 11) is 4.13. The van der Waals surface area contributed by atoms with Gasteiger partial charge in [-0.1, -0.05) is 96.1 Å². The van der Waals surface area contributed by atoms with Crippen molar-refractivity contribution in [3.05, 3.63) is 94.5 Å². The Hall–Kier alpha value is -2.74. The molecule has 0 saturated heterocycles. The van der Waals surface area contributed by atoms with Gasteiger partial charge in [0, 0.05) is 25.7 Å². The minimum absolute atomic E-state index is 0.0974. The van der Waals surface area contributed by atoms with Gasteiger partial charge in [0.05, 0.1) is 0 Å². The fourth-order valence-corrected chi connectivity index (χ4v) is 4.15. The first kappa shape index (κ1) is 22.9. The zero-order chi connectivity index (χ0) is 23.0. The van der Waals surface area contributed by atoms with E-state index < -0.39 is 0 Å². The SMILES string of the molecule is CN(C)c1ccc(C(c2ccccc2)c2cc(C(C)(C)C)c(O)c(C(C)(C)C)c2)cc1. The molecule has 0 spiro atoms. The average Bonchev–Trinajstić information content (AvgIpc) is 2.68. The van der Waals surface area contributed by atoms with Crippen LogP contribution in [0.4, 0.5) is 5.69 Å². The van der Waals surface area contributed by atoms with Crippen LogP contribution in [0.1, 0.15) is 75.3 Å². The lowest BCUT2D eigenvalue weighted by molar-refractivity contribution is 0.422. The molecule has 2 heteroatoms. The smallest absolute Gasteiger partial charge is 0.123 e. The molecule has 0 amide bonds. The third-order valence-corrected chi connectivity index (χ3v) is 5.96. The van der Waals surface area contributed by atoms with Crippen LogP contribution in [0.5, 0.6) is 5.75 Å². The summed E-state index contributed by atoms with van der Waals surface area (Å²) >= 11 is 0. The zero-order valence-electron chi connectivity index (χ0n) is 20.3. The highest BCUT2D eigenvalue weighted by atomic mass is 16.3. The van der Waals surface area contributed by atoms with E-state index in [1.807, 2.05) is 0 Å². The van der Waals surface area contributed by atoms with E-state index in [4.69, 9.17) is 0 Å². The lowest BCUT2D eigenvalue weighted by Gasteiger charge is -2.30. The number of aromatic hydroxyl groups is 1. The molecule has 0 radical (unpaired) electrons. The second-order valence-corrected chi connectivity index (χ2v) is 10.8. The van der Waals surface area contributed by atoms with Crippen LogP contribution < -0.4 is 4.90 Å². The molecule has 3 aromatic rings. The highest BCUT2D eigenvalue weighted by Gasteiger charge is 2.29. The van der Waals surface area contributed by atoms with Gasteiger partial charge in [0.1, 0.15) is 5.75 Å². The van der Waals surface area contributed by atoms with Crippen molar-refractivity contribution in [3.63, 3.8) is 0 Å². The first-order valence-electron chi connectivity index (χ1n) is 11.1. The van der Waals surface area contributed by atoms with Crippen molar-refractivity contribution in [2.24, 2.45) is 0 Å². The van der Waals surface area contributed by atoms with Gasteiger partial charge in [0.25, 0.3) is 0 Å². The molecular weight excluding hydrogens is 378 g/mol. The maximum Gasteiger partial charge on any atom is 0.123 e. The molecule has 1 N–H and O–H groups in total. The van der Waals surface area contributed by atoms with Crippen LogP contribution in [-0.4, -0.2) is 19.2 Å². The maximum absolute atomic E-state index is 11.2. The molecule has 0 aliphatic rings. The van der Waals surface area contributed by atoms with Gasteiger partial charge in [-0.3, -0.25) is 0 Å². The molecule has 1 atom stereocenters. The van der Waals surface area contributed by atoms with Crippen molar-refractivity contribution in [1.29, 1.82) is 0 Å². The molecule has 3 aromatic carbocycles. The summed E-state index contributed by atoms with van der Waals surface area (Å²) in [5.41, 5.74) is 6.60. The van der Waals surface area contributed by atoms with Crippen molar-refractivity contribution in [1.82, 2.24) is 0 Å². The normalized spacial score (nSPS) is 13.2. The fourth-order valence-electron chi connectivity index (χ4n) is 4.15. The monoisotopic (exact) mass is 415 g/mol. The minimum Gasteiger partial charge on any atom is -0.507 e. The van der Waals surface area contributed by atoms with E-state index in [0.717, 1.165) is 11.1 Å². The molecule has 0 aliphatic carbocycles. The number of nitrogens with zero attached hydrogens (tertiary/aromatic N) is 1. The van der Waals surface area contributed by atoms with Crippen LogP contribution in [0, 0.1) is 0 Å². The van der Waals surface area contributed by atoms with Crippen LogP contribution in [0.25, 0.3) is 0 Å². The summed E-state index contributed by atoms with van der Waals surface area (Å²) in [5, 5.41) is 11.2. The highest BCUT2D eigenvalue weighted by molar-refractivity contribution is 5.56. The fraction of sp³-hybridized carbons (Fsp3) is 0.379. The van der Waals surface area contributed by atoms with Crippen molar-refractivity contribution in [2.45, 2.75) is 58.3 Å². The number of hydrogen-bond acceptors (Lipinski definition) is 2. The largest absolute Gasteiger partial charge is 0.507 e. The van der Waals surface area contributed by atoms with E-state index in [-0.39, 0.29) is 16.7 Å². The average molecular weight is 416 g/mol. The number of anilines is 1. The number of rotatable bonds is 4. The van der Waals surface area contributed by atoms with E-state index in [0.29, 0.717) is 5.75 Å². The summed E-state index contributed by atoms with van der Waals surface area (Å²) in [6.07, 6.45) is 0.